The smallest absolute Gasteiger partial charge is 0.352 e. The summed E-state index contributed by atoms with van der Waals surface area (Å²) in [6.07, 6.45) is 1.74. The molecule has 2 unspecified atom stereocenters. The lowest BCUT2D eigenvalue weighted by molar-refractivity contribution is 0.182. The molecule has 6 nitrogen and oxygen atoms in total. The van der Waals surface area contributed by atoms with E-state index < -0.39 is 0 Å². The van der Waals surface area contributed by atoms with E-state index in [2.05, 4.69) is 12.1 Å². The average Bonchev–Trinajstić information content (AvgIpc) is 3.29. The standard InChI is InChI=1S/C23H23N3O3/c1-2-29-20-15-24-22(27)25(17-11-7-4-8-12-17)23(28)26(24)19-14-13-18(21(19)20)16-9-5-3-6-10-16/h3-12,18-19H,2,13-15H2,1H3. The number of allylic oxidation sites excluding steroid dienone is 2. The van der Waals surface area contributed by atoms with Crippen LogP contribution in [0.5, 0.6) is 0 Å². The van der Waals surface area contributed by atoms with Gasteiger partial charge in [-0.1, -0.05) is 48.5 Å². The summed E-state index contributed by atoms with van der Waals surface area (Å²) in [5.41, 5.74) is 2.36. The van der Waals surface area contributed by atoms with E-state index in [4.69, 9.17) is 4.74 Å². The first-order valence-electron chi connectivity index (χ1n) is 10.1. The van der Waals surface area contributed by atoms with Gasteiger partial charge in [0.05, 0.1) is 18.3 Å². The third-order valence-corrected chi connectivity index (χ3v) is 5.97. The molecular weight excluding hydrogens is 366 g/mol. The van der Waals surface area contributed by atoms with E-state index in [0.717, 1.165) is 24.2 Å². The van der Waals surface area contributed by atoms with E-state index in [1.807, 2.05) is 43.3 Å². The van der Waals surface area contributed by atoms with Crippen LogP contribution in [0.3, 0.4) is 0 Å². The second-order valence-corrected chi connectivity index (χ2v) is 7.51. The Labute approximate surface area is 168 Å². The molecule has 0 saturated heterocycles. The lowest BCUT2D eigenvalue weighted by Crippen LogP contribution is -2.36. The number of aromatic nitrogens is 3. The minimum Gasteiger partial charge on any atom is -0.496 e. The van der Waals surface area contributed by atoms with Crippen molar-refractivity contribution < 1.29 is 4.74 Å². The zero-order valence-corrected chi connectivity index (χ0v) is 16.3. The van der Waals surface area contributed by atoms with Crippen LogP contribution in [0.2, 0.25) is 0 Å². The minimum absolute atomic E-state index is 0.152. The number of hydrogen-bond donors (Lipinski definition) is 0. The van der Waals surface area contributed by atoms with Crippen molar-refractivity contribution >= 4 is 0 Å². The fraction of sp³-hybridized carbons (Fsp3) is 0.304. The number of fused-ring (bicyclic) bond motifs is 3. The molecule has 1 fully saturated rings. The Kier molecular flexibility index (Phi) is 4.27. The molecule has 1 aliphatic heterocycles. The molecule has 2 heterocycles. The molecule has 29 heavy (non-hydrogen) atoms. The Balaban J connectivity index is 1.68. The summed E-state index contributed by atoms with van der Waals surface area (Å²) in [5.74, 6) is 1.04. The van der Waals surface area contributed by atoms with Crippen LogP contribution in [0.1, 0.15) is 37.3 Å². The summed E-state index contributed by atoms with van der Waals surface area (Å²) >= 11 is 0. The van der Waals surface area contributed by atoms with Gasteiger partial charge in [0.15, 0.2) is 0 Å². The molecule has 5 rings (SSSR count). The average molecular weight is 389 g/mol. The second kappa shape index (κ2) is 6.95. The summed E-state index contributed by atoms with van der Waals surface area (Å²) in [7, 11) is 0. The minimum atomic E-state index is -0.319. The highest BCUT2D eigenvalue weighted by molar-refractivity contribution is 5.38. The fourth-order valence-electron chi connectivity index (χ4n) is 4.80. The van der Waals surface area contributed by atoms with Crippen LogP contribution >= 0.6 is 0 Å². The SMILES string of the molecule is CCOC1=C2C(c3ccccc3)CCC2n2c(=O)n(-c3ccccc3)c(=O)n2C1. The van der Waals surface area contributed by atoms with Crippen molar-refractivity contribution in [2.45, 2.75) is 38.3 Å². The van der Waals surface area contributed by atoms with Gasteiger partial charge < -0.3 is 4.74 Å². The molecule has 1 aromatic heterocycles. The summed E-state index contributed by atoms with van der Waals surface area (Å²) < 4.78 is 10.5. The van der Waals surface area contributed by atoms with Crippen LogP contribution in [0.15, 0.2) is 81.6 Å². The van der Waals surface area contributed by atoms with Crippen LogP contribution in [-0.2, 0) is 11.3 Å². The summed E-state index contributed by atoms with van der Waals surface area (Å²) in [6, 6.07) is 19.3. The normalized spacial score (nSPS) is 20.4. The summed E-state index contributed by atoms with van der Waals surface area (Å²) in [4.78, 5) is 26.5. The molecule has 0 N–H and O–H groups in total. The van der Waals surface area contributed by atoms with Crippen LogP contribution < -0.4 is 11.4 Å². The van der Waals surface area contributed by atoms with Crippen LogP contribution in [-0.4, -0.2) is 20.5 Å². The summed E-state index contributed by atoms with van der Waals surface area (Å²) in [6.45, 7) is 2.77. The topological polar surface area (TPSA) is 58.2 Å². The number of benzene rings is 2. The maximum atomic E-state index is 13.3. The van der Waals surface area contributed by atoms with E-state index in [1.54, 1.807) is 21.5 Å². The number of nitrogens with zero attached hydrogens (tertiary/aromatic N) is 3. The molecule has 0 spiro atoms. The maximum Gasteiger partial charge on any atom is 0.352 e. The Morgan fingerprint density at radius 2 is 1.62 bits per heavy atom. The Morgan fingerprint density at radius 3 is 2.31 bits per heavy atom. The lowest BCUT2D eigenvalue weighted by atomic mass is 9.91. The zero-order chi connectivity index (χ0) is 20.0. The molecule has 3 aromatic rings. The predicted octanol–water partition coefficient (Wildman–Crippen LogP) is 3.22. The second-order valence-electron chi connectivity index (χ2n) is 7.51. The number of hydrogen-bond acceptors (Lipinski definition) is 3. The third kappa shape index (κ3) is 2.70. The fourth-order valence-corrected chi connectivity index (χ4v) is 4.80. The van der Waals surface area contributed by atoms with E-state index in [9.17, 15) is 9.59 Å². The number of rotatable bonds is 4. The highest BCUT2D eigenvalue weighted by atomic mass is 16.5. The predicted molar refractivity (Wildman–Crippen MR) is 110 cm³/mol. The monoisotopic (exact) mass is 389 g/mol. The van der Waals surface area contributed by atoms with Crippen molar-refractivity contribution in [1.29, 1.82) is 0 Å². The van der Waals surface area contributed by atoms with E-state index in [0.29, 0.717) is 12.3 Å². The third-order valence-electron chi connectivity index (χ3n) is 5.97. The molecule has 2 aromatic carbocycles. The molecule has 0 bridgehead atoms. The quantitative estimate of drug-likeness (QED) is 0.688. The first kappa shape index (κ1) is 17.8. The van der Waals surface area contributed by atoms with Gasteiger partial charge in [-0.15, -0.1) is 0 Å². The molecule has 0 radical (unpaired) electrons. The Morgan fingerprint density at radius 1 is 0.931 bits per heavy atom. The lowest BCUT2D eigenvalue weighted by Gasteiger charge is -2.28. The highest BCUT2D eigenvalue weighted by Crippen LogP contribution is 2.48. The largest absolute Gasteiger partial charge is 0.496 e. The van der Waals surface area contributed by atoms with Crippen molar-refractivity contribution in [3.63, 3.8) is 0 Å². The van der Waals surface area contributed by atoms with Crippen LogP contribution in [0.25, 0.3) is 5.69 Å². The van der Waals surface area contributed by atoms with Crippen molar-refractivity contribution in [3.05, 3.63) is 98.5 Å². The molecule has 2 aliphatic rings. The van der Waals surface area contributed by atoms with Gasteiger partial charge in [0.1, 0.15) is 12.3 Å². The van der Waals surface area contributed by atoms with Gasteiger partial charge in [-0.3, -0.25) is 0 Å². The van der Waals surface area contributed by atoms with E-state index in [1.165, 1.54) is 10.1 Å². The summed E-state index contributed by atoms with van der Waals surface area (Å²) in [5, 5.41) is 0. The molecule has 1 aliphatic carbocycles. The zero-order valence-electron chi connectivity index (χ0n) is 16.3. The molecule has 6 heteroatoms. The molecular formula is C23H23N3O3. The van der Waals surface area contributed by atoms with E-state index >= 15 is 0 Å². The Bertz CT molecular complexity index is 1190. The van der Waals surface area contributed by atoms with Gasteiger partial charge in [0.25, 0.3) is 0 Å². The van der Waals surface area contributed by atoms with Crippen LogP contribution in [0.4, 0.5) is 0 Å². The van der Waals surface area contributed by atoms with Crippen LogP contribution in [0, 0.1) is 0 Å². The van der Waals surface area contributed by atoms with Crippen molar-refractivity contribution in [1.82, 2.24) is 13.9 Å². The van der Waals surface area contributed by atoms with E-state index in [-0.39, 0.29) is 29.9 Å². The van der Waals surface area contributed by atoms with Gasteiger partial charge in [0.2, 0.25) is 0 Å². The first-order chi connectivity index (χ1) is 14.2. The van der Waals surface area contributed by atoms with Gasteiger partial charge in [-0.2, -0.15) is 0 Å². The molecule has 0 amide bonds. The first-order valence-corrected chi connectivity index (χ1v) is 10.1. The number of ether oxygens (including phenoxy) is 1. The van der Waals surface area contributed by atoms with Crippen molar-refractivity contribution in [2.24, 2.45) is 0 Å². The van der Waals surface area contributed by atoms with Gasteiger partial charge >= 0.3 is 11.4 Å². The highest BCUT2D eigenvalue weighted by Gasteiger charge is 2.41. The van der Waals surface area contributed by atoms with Gasteiger partial charge in [-0.05, 0) is 37.5 Å². The Hall–Kier alpha value is -3.28. The molecule has 148 valence electrons. The molecule has 1 saturated carbocycles. The number of para-hydroxylation sites is 1. The van der Waals surface area contributed by atoms with Gasteiger partial charge in [0, 0.05) is 11.5 Å². The molecule has 2 atom stereocenters. The van der Waals surface area contributed by atoms with Crippen molar-refractivity contribution in [2.75, 3.05) is 6.61 Å². The maximum absolute atomic E-state index is 13.3. The van der Waals surface area contributed by atoms with Crippen molar-refractivity contribution in [3.8, 4) is 5.69 Å². The van der Waals surface area contributed by atoms with Gasteiger partial charge in [-0.25, -0.2) is 23.5 Å².